The van der Waals surface area contributed by atoms with Crippen LogP contribution in [0.25, 0.3) is 43.3 Å². The van der Waals surface area contributed by atoms with Crippen LogP contribution in [0.4, 0.5) is 5.69 Å². The summed E-state index contributed by atoms with van der Waals surface area (Å²) in [6, 6.07) is 21.5. The van der Waals surface area contributed by atoms with Gasteiger partial charge in [0.15, 0.2) is 0 Å². The minimum atomic E-state index is -0.685. The van der Waals surface area contributed by atoms with Gasteiger partial charge in [-0.3, -0.25) is 33.6 Å². The molecule has 6 aromatic rings. The lowest BCUT2D eigenvalue weighted by molar-refractivity contribution is -0.135. The van der Waals surface area contributed by atoms with E-state index in [2.05, 4.69) is 39.2 Å². The number of amides is 4. The van der Waals surface area contributed by atoms with E-state index < -0.39 is 11.9 Å². The highest BCUT2D eigenvalue weighted by molar-refractivity contribution is 7.21. The van der Waals surface area contributed by atoms with Crippen LogP contribution in [0.1, 0.15) is 91.6 Å². The van der Waals surface area contributed by atoms with Gasteiger partial charge in [0.25, 0.3) is 5.91 Å². The third kappa shape index (κ3) is 8.50. The highest BCUT2D eigenvalue weighted by atomic mass is 32.1. The molecule has 59 heavy (non-hydrogen) atoms. The van der Waals surface area contributed by atoms with Gasteiger partial charge in [0.2, 0.25) is 17.7 Å². The lowest BCUT2D eigenvalue weighted by Gasteiger charge is -2.21. The molecule has 0 spiro atoms. The Morgan fingerprint density at radius 2 is 1.76 bits per heavy atom. The molecule has 4 amide bonds. The van der Waals surface area contributed by atoms with E-state index in [1.54, 1.807) is 11.6 Å². The molecule has 1 unspecified atom stereocenters. The van der Waals surface area contributed by atoms with Crippen molar-refractivity contribution in [3.63, 3.8) is 0 Å². The smallest absolute Gasteiger partial charge is 0.329 e. The van der Waals surface area contributed by atoms with Crippen molar-refractivity contribution < 1.29 is 19.2 Å². The summed E-state index contributed by atoms with van der Waals surface area (Å²) in [6.45, 7) is 3.18. The Labute approximate surface area is 345 Å². The van der Waals surface area contributed by atoms with Crippen molar-refractivity contribution >= 4 is 72.7 Å². The van der Waals surface area contributed by atoms with Crippen LogP contribution in [-0.2, 0) is 27.9 Å². The molecule has 1 fully saturated rings. The zero-order valence-electron chi connectivity index (χ0n) is 33.3. The van der Waals surface area contributed by atoms with Crippen LogP contribution in [0.3, 0.4) is 0 Å². The van der Waals surface area contributed by atoms with Crippen molar-refractivity contribution in [1.29, 1.82) is 0 Å². The fourth-order valence-corrected chi connectivity index (χ4v) is 9.17. The number of aryl methyl sites for hydroxylation is 2. The van der Waals surface area contributed by atoms with Gasteiger partial charge in [-0.05, 0) is 86.7 Å². The molecule has 2 aliphatic heterocycles. The second-order valence-electron chi connectivity index (χ2n) is 15.5. The first-order valence-corrected chi connectivity index (χ1v) is 21.3. The van der Waals surface area contributed by atoms with E-state index in [4.69, 9.17) is 4.98 Å². The number of rotatable bonds is 12. The molecule has 13 heteroatoms. The Kier molecular flexibility index (Phi) is 11.6. The van der Waals surface area contributed by atoms with Crippen molar-refractivity contribution in [2.75, 3.05) is 18.4 Å². The highest BCUT2D eigenvalue weighted by Gasteiger charge is 2.31. The molecule has 12 nitrogen and oxygen atoms in total. The first-order valence-electron chi connectivity index (χ1n) is 20.4. The van der Waals surface area contributed by atoms with E-state index in [0.717, 1.165) is 93.1 Å². The van der Waals surface area contributed by atoms with Crippen molar-refractivity contribution in [1.82, 2.24) is 30.1 Å². The van der Waals surface area contributed by atoms with Crippen LogP contribution in [0, 0.1) is 11.8 Å². The molecule has 5 heterocycles. The number of imide groups is 1. The Balaban J connectivity index is 0.742. The van der Waals surface area contributed by atoms with Crippen LogP contribution in [0.15, 0.2) is 71.5 Å². The molecule has 8 rings (SSSR count). The standard InChI is InChI=1S/C46H47N7O5S/c1-28-27-48-42-41-32-18-19-33(50-34(32)20-23-38(41)59-43(42)45(57)49-28)31-16-13-29(14-17-31)10-8-9-25-47-39(54)12-7-5-3-4-6-11-30-15-21-35-37(26-30)52(2)46(58)53(35)36-22-24-40(55)51-44(36)56/h13-21,23,26,28,36,48H,3-7,9,11-12,22,24-25,27H2,1-2H3,(H,47,54)(H,49,57)(H,51,55,56)/t28-,36?/m1/s1. The summed E-state index contributed by atoms with van der Waals surface area (Å²) < 4.78 is 4.14. The summed E-state index contributed by atoms with van der Waals surface area (Å²) >= 11 is 1.51. The SMILES string of the molecule is C[C@@H]1CNc2c(sc3ccc4nc(-c5ccc(C#CCCNC(=O)CCCCCCCc6ccc7c(c6)n(C)c(=O)n7C6CCC(=O)NC6=O)cc5)ccc4c23)C(=O)N1. The molecule has 0 radical (unpaired) electrons. The maximum absolute atomic E-state index is 13.0. The second-order valence-corrected chi connectivity index (χ2v) is 16.6. The quantitative estimate of drug-likeness (QED) is 0.0607. The first kappa shape index (κ1) is 39.6. The number of unbranched alkanes of at least 4 members (excludes halogenated alkanes) is 4. The number of piperidine rings is 1. The van der Waals surface area contributed by atoms with Crippen molar-refractivity contribution in [2.24, 2.45) is 7.05 Å². The zero-order chi connectivity index (χ0) is 41.0. The third-order valence-corrected chi connectivity index (χ3v) is 12.4. The van der Waals surface area contributed by atoms with Gasteiger partial charge in [0.1, 0.15) is 10.9 Å². The Hall–Kier alpha value is -6.26. The first-order chi connectivity index (χ1) is 28.6. The number of anilines is 1. The van der Waals surface area contributed by atoms with Gasteiger partial charge < -0.3 is 16.0 Å². The molecule has 0 saturated carbocycles. The summed E-state index contributed by atoms with van der Waals surface area (Å²) in [4.78, 5) is 68.0. The van der Waals surface area contributed by atoms with Gasteiger partial charge in [-0.1, -0.05) is 49.3 Å². The van der Waals surface area contributed by atoms with E-state index in [1.807, 2.05) is 67.6 Å². The van der Waals surface area contributed by atoms with Crippen LogP contribution in [0.5, 0.6) is 0 Å². The van der Waals surface area contributed by atoms with Crippen molar-refractivity contribution in [3.8, 4) is 23.1 Å². The normalized spacial score (nSPS) is 16.5. The van der Waals surface area contributed by atoms with E-state index in [-0.39, 0.29) is 35.9 Å². The molecular formula is C46H47N7O5S. The number of hydrogen-bond donors (Lipinski definition) is 4. The predicted molar refractivity (Wildman–Crippen MR) is 232 cm³/mol. The van der Waals surface area contributed by atoms with Crippen molar-refractivity contribution in [2.45, 2.75) is 83.2 Å². The molecule has 302 valence electrons. The van der Waals surface area contributed by atoms with E-state index >= 15 is 0 Å². The lowest BCUT2D eigenvalue weighted by atomic mass is 10.0. The van der Waals surface area contributed by atoms with E-state index in [0.29, 0.717) is 42.7 Å². The lowest BCUT2D eigenvalue weighted by Crippen LogP contribution is -2.44. The van der Waals surface area contributed by atoms with Gasteiger partial charge >= 0.3 is 5.69 Å². The summed E-state index contributed by atoms with van der Waals surface area (Å²) in [6.07, 6.45) is 7.39. The molecule has 1 saturated heterocycles. The van der Waals surface area contributed by atoms with Gasteiger partial charge in [0.05, 0.1) is 27.9 Å². The Morgan fingerprint density at radius 1 is 0.949 bits per heavy atom. The van der Waals surface area contributed by atoms with Crippen LogP contribution in [-0.4, -0.2) is 56.9 Å². The predicted octanol–water partition coefficient (Wildman–Crippen LogP) is 6.73. The zero-order valence-corrected chi connectivity index (χ0v) is 34.1. The molecule has 0 bridgehead atoms. The van der Waals surface area contributed by atoms with Gasteiger partial charge in [-0.25, -0.2) is 9.78 Å². The number of aromatic nitrogens is 3. The summed E-state index contributed by atoms with van der Waals surface area (Å²) in [5, 5.41) is 13.9. The Bertz CT molecular complexity index is 2740. The van der Waals surface area contributed by atoms with E-state index in [1.165, 1.54) is 15.9 Å². The maximum Gasteiger partial charge on any atom is 0.329 e. The summed E-state index contributed by atoms with van der Waals surface area (Å²) in [5.74, 6) is 5.65. The number of thiophene rings is 1. The maximum atomic E-state index is 13.0. The fourth-order valence-electron chi connectivity index (χ4n) is 8.07. The average molecular weight is 810 g/mol. The topological polar surface area (TPSA) is 156 Å². The number of hydrogen-bond acceptors (Lipinski definition) is 8. The summed E-state index contributed by atoms with van der Waals surface area (Å²) in [7, 11) is 1.71. The molecule has 3 aromatic heterocycles. The minimum absolute atomic E-state index is 0.0374. The fraction of sp³-hybridized carbons (Fsp3) is 0.348. The van der Waals surface area contributed by atoms with Crippen LogP contribution in [0.2, 0.25) is 0 Å². The molecule has 0 aliphatic carbocycles. The molecule has 2 atom stereocenters. The minimum Gasteiger partial charge on any atom is -0.381 e. The number of fused-ring (bicyclic) bond motifs is 6. The number of nitrogens with one attached hydrogen (secondary N) is 4. The third-order valence-electron chi connectivity index (χ3n) is 11.2. The average Bonchev–Trinajstić information content (AvgIpc) is 3.68. The number of imidazole rings is 1. The second kappa shape index (κ2) is 17.3. The number of nitrogens with zero attached hydrogens (tertiary/aromatic N) is 3. The highest BCUT2D eigenvalue weighted by Crippen LogP contribution is 2.41. The number of carbonyl (C=O) groups excluding carboxylic acids is 4. The van der Waals surface area contributed by atoms with E-state index in [9.17, 15) is 24.0 Å². The van der Waals surface area contributed by atoms with Gasteiger partial charge in [-0.15, -0.1) is 11.3 Å². The van der Waals surface area contributed by atoms with Crippen LogP contribution >= 0.6 is 11.3 Å². The Morgan fingerprint density at radius 3 is 2.59 bits per heavy atom. The van der Waals surface area contributed by atoms with Gasteiger partial charge in [-0.2, -0.15) is 0 Å². The number of carbonyl (C=O) groups is 4. The molecular weight excluding hydrogens is 763 g/mol. The van der Waals surface area contributed by atoms with Gasteiger partial charge in [0, 0.05) is 72.0 Å². The molecule has 3 aromatic carbocycles. The summed E-state index contributed by atoms with van der Waals surface area (Å²) in [5.41, 5.74) is 6.87. The monoisotopic (exact) mass is 809 g/mol. The molecule has 4 N–H and O–H groups in total. The molecule has 2 aliphatic rings. The number of benzene rings is 3. The largest absolute Gasteiger partial charge is 0.381 e. The number of pyridine rings is 1. The van der Waals surface area contributed by atoms with Crippen LogP contribution < -0.4 is 27.0 Å². The van der Waals surface area contributed by atoms with Crippen molar-refractivity contribution in [3.05, 3.63) is 93.2 Å².